The smallest absolute Gasteiger partial charge is 0.314 e. The fourth-order valence-electron chi connectivity index (χ4n) is 2.24. The zero-order chi connectivity index (χ0) is 11.8. The molecule has 1 N–H and O–H groups in total. The normalized spacial score (nSPS) is 17.6. The molecular formula is C12H13FO3. The number of methoxy groups -OCH3 is 1. The van der Waals surface area contributed by atoms with Crippen LogP contribution in [0.3, 0.4) is 0 Å². The predicted octanol–water partition coefficient (Wildman–Crippen LogP) is 2.34. The molecule has 0 amide bonds. The Kier molecular flexibility index (Phi) is 2.58. The number of ether oxygens (including phenoxy) is 1. The van der Waals surface area contributed by atoms with Gasteiger partial charge >= 0.3 is 5.97 Å². The van der Waals surface area contributed by atoms with Gasteiger partial charge in [-0.25, -0.2) is 4.39 Å². The second-order valence-electron chi connectivity index (χ2n) is 4.06. The van der Waals surface area contributed by atoms with E-state index in [-0.39, 0.29) is 5.56 Å². The third-order valence-electron chi connectivity index (χ3n) is 3.29. The number of rotatable bonds is 3. The average molecular weight is 224 g/mol. The fraction of sp³-hybridized carbons (Fsp3) is 0.417. The molecule has 0 atom stereocenters. The van der Waals surface area contributed by atoms with Crippen molar-refractivity contribution in [1.29, 1.82) is 0 Å². The Morgan fingerprint density at radius 1 is 1.50 bits per heavy atom. The van der Waals surface area contributed by atoms with Gasteiger partial charge in [0, 0.05) is 5.56 Å². The first-order chi connectivity index (χ1) is 7.62. The van der Waals surface area contributed by atoms with Crippen LogP contribution in [0.25, 0.3) is 0 Å². The van der Waals surface area contributed by atoms with E-state index in [4.69, 9.17) is 4.74 Å². The largest absolute Gasteiger partial charge is 0.496 e. The van der Waals surface area contributed by atoms with Gasteiger partial charge in [-0.05, 0) is 25.0 Å². The SMILES string of the molecule is COc1cccc(F)c1C1(C(=O)O)CCC1. The lowest BCUT2D eigenvalue weighted by molar-refractivity contribution is -0.147. The Morgan fingerprint density at radius 2 is 2.19 bits per heavy atom. The number of hydrogen-bond donors (Lipinski definition) is 1. The predicted molar refractivity (Wildman–Crippen MR) is 56.1 cm³/mol. The highest BCUT2D eigenvalue weighted by atomic mass is 19.1. The van der Waals surface area contributed by atoms with Gasteiger partial charge < -0.3 is 9.84 Å². The van der Waals surface area contributed by atoms with Gasteiger partial charge in [0.05, 0.1) is 12.5 Å². The van der Waals surface area contributed by atoms with Crippen molar-refractivity contribution in [2.75, 3.05) is 7.11 Å². The van der Waals surface area contributed by atoms with Crippen molar-refractivity contribution in [3.63, 3.8) is 0 Å². The van der Waals surface area contributed by atoms with Gasteiger partial charge in [0.1, 0.15) is 11.6 Å². The van der Waals surface area contributed by atoms with Crippen LogP contribution in [-0.2, 0) is 10.2 Å². The molecule has 16 heavy (non-hydrogen) atoms. The zero-order valence-electron chi connectivity index (χ0n) is 9.00. The molecule has 1 aromatic rings. The molecule has 4 heteroatoms. The molecule has 0 spiro atoms. The molecule has 1 saturated carbocycles. The lowest BCUT2D eigenvalue weighted by Gasteiger charge is -2.38. The molecule has 0 unspecified atom stereocenters. The summed E-state index contributed by atoms with van der Waals surface area (Å²) >= 11 is 0. The summed E-state index contributed by atoms with van der Waals surface area (Å²) in [6.07, 6.45) is 1.75. The van der Waals surface area contributed by atoms with E-state index in [9.17, 15) is 14.3 Å². The molecule has 3 nitrogen and oxygen atoms in total. The Morgan fingerprint density at radius 3 is 2.62 bits per heavy atom. The molecule has 0 radical (unpaired) electrons. The van der Waals surface area contributed by atoms with E-state index in [0.717, 1.165) is 6.42 Å². The summed E-state index contributed by atoms with van der Waals surface area (Å²) < 4.78 is 18.8. The van der Waals surface area contributed by atoms with Crippen molar-refractivity contribution in [3.05, 3.63) is 29.6 Å². The van der Waals surface area contributed by atoms with E-state index in [1.807, 2.05) is 0 Å². The van der Waals surface area contributed by atoms with Crippen molar-refractivity contribution >= 4 is 5.97 Å². The lowest BCUT2D eigenvalue weighted by Crippen LogP contribution is -2.43. The highest BCUT2D eigenvalue weighted by Crippen LogP contribution is 2.48. The maximum absolute atomic E-state index is 13.8. The molecule has 1 aliphatic carbocycles. The highest BCUT2D eigenvalue weighted by Gasteiger charge is 2.49. The lowest BCUT2D eigenvalue weighted by atomic mass is 9.64. The fourth-order valence-corrected chi connectivity index (χ4v) is 2.24. The summed E-state index contributed by atoms with van der Waals surface area (Å²) in [6.45, 7) is 0. The molecule has 0 heterocycles. The van der Waals surface area contributed by atoms with Crippen LogP contribution in [0, 0.1) is 5.82 Å². The Hall–Kier alpha value is -1.58. The molecule has 1 fully saturated rings. The number of carboxylic acid groups (broad SMARTS) is 1. The number of carboxylic acids is 1. The van der Waals surface area contributed by atoms with Gasteiger partial charge in [-0.3, -0.25) is 4.79 Å². The van der Waals surface area contributed by atoms with Gasteiger partial charge in [-0.15, -0.1) is 0 Å². The summed E-state index contributed by atoms with van der Waals surface area (Å²) in [7, 11) is 1.42. The summed E-state index contributed by atoms with van der Waals surface area (Å²) in [4.78, 5) is 11.3. The summed E-state index contributed by atoms with van der Waals surface area (Å²) in [5, 5.41) is 9.26. The van der Waals surface area contributed by atoms with Crippen LogP contribution in [0.4, 0.5) is 4.39 Å². The Labute approximate surface area is 92.9 Å². The minimum absolute atomic E-state index is 0.191. The molecule has 0 saturated heterocycles. The molecule has 0 bridgehead atoms. The Balaban J connectivity index is 2.57. The van der Waals surface area contributed by atoms with Crippen molar-refractivity contribution in [2.45, 2.75) is 24.7 Å². The van der Waals surface area contributed by atoms with E-state index in [1.165, 1.54) is 19.2 Å². The molecule has 0 aromatic heterocycles. The first-order valence-electron chi connectivity index (χ1n) is 5.18. The third-order valence-corrected chi connectivity index (χ3v) is 3.29. The van der Waals surface area contributed by atoms with Crippen LogP contribution in [0.2, 0.25) is 0 Å². The van der Waals surface area contributed by atoms with Crippen LogP contribution in [0.5, 0.6) is 5.75 Å². The van der Waals surface area contributed by atoms with Crippen molar-refractivity contribution in [3.8, 4) is 5.75 Å². The van der Waals surface area contributed by atoms with Gasteiger partial charge in [0.2, 0.25) is 0 Å². The first kappa shape index (κ1) is 10.9. The molecule has 1 aromatic carbocycles. The van der Waals surface area contributed by atoms with Crippen LogP contribution < -0.4 is 4.74 Å². The van der Waals surface area contributed by atoms with Crippen molar-refractivity contribution in [2.24, 2.45) is 0 Å². The maximum atomic E-state index is 13.8. The summed E-state index contributed by atoms with van der Waals surface area (Å²) in [6, 6.07) is 4.40. The Bertz CT molecular complexity index is 424. The minimum atomic E-state index is -1.09. The maximum Gasteiger partial charge on any atom is 0.314 e. The number of halogens is 1. The standard InChI is InChI=1S/C12H13FO3/c1-16-9-5-2-4-8(13)10(9)12(11(14)15)6-3-7-12/h2,4-5H,3,6-7H2,1H3,(H,14,15). The topological polar surface area (TPSA) is 46.5 Å². The van der Waals surface area contributed by atoms with E-state index in [1.54, 1.807) is 6.07 Å². The quantitative estimate of drug-likeness (QED) is 0.857. The first-order valence-corrected chi connectivity index (χ1v) is 5.18. The number of carbonyl (C=O) groups is 1. The van der Waals surface area contributed by atoms with Crippen molar-refractivity contribution in [1.82, 2.24) is 0 Å². The molecular weight excluding hydrogens is 211 g/mol. The molecule has 2 rings (SSSR count). The highest BCUT2D eigenvalue weighted by molar-refractivity contribution is 5.83. The third kappa shape index (κ3) is 1.37. The van der Waals surface area contributed by atoms with E-state index >= 15 is 0 Å². The summed E-state index contributed by atoms with van der Waals surface area (Å²) in [5.74, 6) is -1.15. The van der Waals surface area contributed by atoms with Gasteiger partial charge in [0.25, 0.3) is 0 Å². The van der Waals surface area contributed by atoms with E-state index < -0.39 is 17.2 Å². The van der Waals surface area contributed by atoms with Gasteiger partial charge in [0.15, 0.2) is 0 Å². The van der Waals surface area contributed by atoms with E-state index in [2.05, 4.69) is 0 Å². The number of aliphatic carboxylic acids is 1. The molecule has 86 valence electrons. The second-order valence-corrected chi connectivity index (χ2v) is 4.06. The van der Waals surface area contributed by atoms with Gasteiger partial charge in [-0.1, -0.05) is 12.5 Å². The van der Waals surface area contributed by atoms with Crippen LogP contribution >= 0.6 is 0 Å². The second kappa shape index (κ2) is 3.77. The van der Waals surface area contributed by atoms with Crippen LogP contribution in [-0.4, -0.2) is 18.2 Å². The molecule has 0 aliphatic heterocycles. The van der Waals surface area contributed by atoms with Crippen LogP contribution in [0.15, 0.2) is 18.2 Å². The molecule has 1 aliphatic rings. The number of hydrogen-bond acceptors (Lipinski definition) is 2. The number of benzene rings is 1. The minimum Gasteiger partial charge on any atom is -0.496 e. The van der Waals surface area contributed by atoms with E-state index in [0.29, 0.717) is 18.6 Å². The summed E-state index contributed by atoms with van der Waals surface area (Å²) in [5.41, 5.74) is -0.896. The van der Waals surface area contributed by atoms with Crippen molar-refractivity contribution < 1.29 is 19.0 Å². The van der Waals surface area contributed by atoms with Crippen LogP contribution in [0.1, 0.15) is 24.8 Å². The van der Waals surface area contributed by atoms with Gasteiger partial charge in [-0.2, -0.15) is 0 Å². The monoisotopic (exact) mass is 224 g/mol. The zero-order valence-corrected chi connectivity index (χ0v) is 9.00. The average Bonchev–Trinajstić information content (AvgIpc) is 2.18.